The molecule has 1 aliphatic carbocycles. The molecule has 49 heavy (non-hydrogen) atoms. The maximum atomic E-state index is 6.66. The number of ether oxygens (including phenoxy) is 1. The Labute approximate surface area is 288 Å². The Balaban J connectivity index is 1.18. The topological polar surface area (TPSA) is 44.9 Å². The third kappa shape index (κ3) is 5.53. The van der Waals surface area contributed by atoms with Crippen LogP contribution < -0.4 is 4.74 Å². The molecule has 0 saturated carbocycles. The van der Waals surface area contributed by atoms with Crippen molar-refractivity contribution in [2.45, 2.75) is 53.9 Å². The minimum Gasteiger partial charge on any atom is -0.457 e. The van der Waals surface area contributed by atoms with E-state index < -0.39 is 0 Å². The van der Waals surface area contributed by atoms with Gasteiger partial charge in [-0.1, -0.05) is 74.0 Å². The molecule has 3 atom stereocenters. The van der Waals surface area contributed by atoms with Crippen molar-refractivity contribution in [2.75, 3.05) is 0 Å². The van der Waals surface area contributed by atoms with E-state index in [1.54, 1.807) is 0 Å². The number of para-hydroxylation sites is 1. The Morgan fingerprint density at radius 3 is 2.31 bits per heavy atom. The average Bonchev–Trinajstić information content (AvgIpc) is 3.57. The third-order valence-corrected chi connectivity index (χ3v) is 10.3. The predicted octanol–water partition coefficient (Wildman–Crippen LogP) is 11.5. The highest BCUT2D eigenvalue weighted by atomic mass is 16.5. The molecule has 4 aromatic carbocycles. The lowest BCUT2D eigenvalue weighted by Crippen LogP contribution is -2.20. The Morgan fingerprint density at radius 2 is 1.49 bits per heavy atom. The van der Waals surface area contributed by atoms with Gasteiger partial charge in [0.25, 0.3) is 0 Å². The standard InChI is InChI=1S/C44H42N4O/c1-27-20-29(3)43(30(4)21-27)44-31(5)46-48(32(44)6)35-22-28(2)23-37(25-35)49-36-16-17-39-38-14-10-11-15-40(38)47(41(39)26-36)42-24-34(18-19-45-42)33-12-8-7-9-13-33/h7-20,22-27,30,43H,21H2,1-6H3/t27?,30-,43+/m0/s1. The molecule has 0 fully saturated rings. The summed E-state index contributed by atoms with van der Waals surface area (Å²) in [5.74, 6) is 4.02. The van der Waals surface area contributed by atoms with Crippen molar-refractivity contribution in [1.29, 1.82) is 0 Å². The molecule has 1 aliphatic rings. The van der Waals surface area contributed by atoms with Crippen molar-refractivity contribution in [3.63, 3.8) is 0 Å². The SMILES string of the molecule is CC1=CC(C)C[C@H](C)[C@@H]1c1c(C)nn(-c2cc(C)cc(Oc3ccc4c5ccccc5n(-c5cc(-c6ccccc6)ccn5)c4c3)c2)c1C. The zero-order valence-corrected chi connectivity index (χ0v) is 29.1. The van der Waals surface area contributed by atoms with Gasteiger partial charge in [0.2, 0.25) is 0 Å². The van der Waals surface area contributed by atoms with Gasteiger partial charge in [-0.25, -0.2) is 9.67 Å². The molecule has 8 rings (SSSR count). The van der Waals surface area contributed by atoms with Crippen LogP contribution in [0.25, 0.3) is 44.4 Å². The minimum atomic E-state index is 0.395. The lowest BCUT2D eigenvalue weighted by atomic mass is 9.72. The Bertz CT molecular complexity index is 2380. The molecule has 5 heteroatoms. The predicted molar refractivity (Wildman–Crippen MR) is 201 cm³/mol. The number of pyridine rings is 1. The van der Waals surface area contributed by atoms with Crippen LogP contribution in [-0.2, 0) is 0 Å². The molecule has 3 aromatic heterocycles. The van der Waals surface area contributed by atoms with Gasteiger partial charge < -0.3 is 4.74 Å². The average molecular weight is 643 g/mol. The zero-order valence-electron chi connectivity index (χ0n) is 29.1. The molecule has 244 valence electrons. The lowest BCUT2D eigenvalue weighted by molar-refractivity contribution is 0.390. The first kappa shape index (κ1) is 30.9. The van der Waals surface area contributed by atoms with E-state index in [1.807, 2.05) is 12.3 Å². The molecular weight excluding hydrogens is 601 g/mol. The third-order valence-electron chi connectivity index (χ3n) is 10.3. The first-order valence-corrected chi connectivity index (χ1v) is 17.3. The highest BCUT2D eigenvalue weighted by Gasteiger charge is 2.31. The highest BCUT2D eigenvalue weighted by Crippen LogP contribution is 2.43. The minimum absolute atomic E-state index is 0.395. The van der Waals surface area contributed by atoms with Crippen LogP contribution in [0.2, 0.25) is 0 Å². The van der Waals surface area contributed by atoms with Crippen LogP contribution in [0.3, 0.4) is 0 Å². The van der Waals surface area contributed by atoms with Crippen LogP contribution in [0, 0.1) is 32.6 Å². The highest BCUT2D eigenvalue weighted by molar-refractivity contribution is 6.09. The molecule has 0 saturated heterocycles. The number of allylic oxidation sites excluding steroid dienone is 2. The van der Waals surface area contributed by atoms with Crippen molar-refractivity contribution in [2.24, 2.45) is 11.8 Å². The van der Waals surface area contributed by atoms with E-state index in [1.165, 1.54) is 28.6 Å². The summed E-state index contributed by atoms with van der Waals surface area (Å²) in [7, 11) is 0. The van der Waals surface area contributed by atoms with E-state index in [0.29, 0.717) is 17.8 Å². The van der Waals surface area contributed by atoms with Crippen LogP contribution in [0.5, 0.6) is 11.5 Å². The second-order valence-corrected chi connectivity index (χ2v) is 14.0. The number of aromatic nitrogens is 4. The fraction of sp³-hybridized carbons (Fsp3) is 0.227. The van der Waals surface area contributed by atoms with Crippen molar-refractivity contribution in [3.05, 3.63) is 143 Å². The largest absolute Gasteiger partial charge is 0.457 e. The molecule has 1 unspecified atom stereocenters. The van der Waals surface area contributed by atoms with Crippen LogP contribution >= 0.6 is 0 Å². The fourth-order valence-corrected chi connectivity index (χ4v) is 8.32. The van der Waals surface area contributed by atoms with Gasteiger partial charge in [0.05, 0.1) is 22.4 Å². The lowest BCUT2D eigenvalue weighted by Gasteiger charge is -2.32. The van der Waals surface area contributed by atoms with Crippen LogP contribution in [0.1, 0.15) is 55.6 Å². The molecule has 0 radical (unpaired) electrons. The van der Waals surface area contributed by atoms with Gasteiger partial charge >= 0.3 is 0 Å². The molecule has 7 aromatic rings. The first-order chi connectivity index (χ1) is 23.7. The zero-order chi connectivity index (χ0) is 33.8. The molecule has 5 nitrogen and oxygen atoms in total. The molecule has 0 spiro atoms. The Kier molecular flexibility index (Phi) is 7.71. The van der Waals surface area contributed by atoms with Crippen molar-refractivity contribution < 1.29 is 4.74 Å². The summed E-state index contributed by atoms with van der Waals surface area (Å²) in [5, 5.41) is 7.44. The van der Waals surface area contributed by atoms with Gasteiger partial charge in [0.15, 0.2) is 0 Å². The summed E-state index contributed by atoms with van der Waals surface area (Å²) in [6.07, 6.45) is 5.54. The maximum Gasteiger partial charge on any atom is 0.138 e. The van der Waals surface area contributed by atoms with Gasteiger partial charge in [0.1, 0.15) is 17.3 Å². The van der Waals surface area contributed by atoms with Gasteiger partial charge in [0, 0.05) is 46.3 Å². The number of hydrogen-bond acceptors (Lipinski definition) is 3. The van der Waals surface area contributed by atoms with Crippen LogP contribution in [0.4, 0.5) is 0 Å². The summed E-state index contributed by atoms with van der Waals surface area (Å²) in [4.78, 5) is 4.85. The summed E-state index contributed by atoms with van der Waals surface area (Å²) in [6.45, 7) is 13.5. The number of fused-ring (bicyclic) bond motifs is 3. The van der Waals surface area contributed by atoms with Crippen molar-refractivity contribution >= 4 is 21.8 Å². The Morgan fingerprint density at radius 1 is 0.714 bits per heavy atom. The van der Waals surface area contributed by atoms with Crippen molar-refractivity contribution in [1.82, 2.24) is 19.3 Å². The molecule has 0 N–H and O–H groups in total. The second-order valence-electron chi connectivity index (χ2n) is 14.0. The molecule has 0 amide bonds. The van der Waals surface area contributed by atoms with Gasteiger partial charge in [-0.3, -0.25) is 4.57 Å². The second kappa shape index (κ2) is 12.2. The Hall–Kier alpha value is -5.42. The summed E-state index contributed by atoms with van der Waals surface area (Å²) >= 11 is 0. The quantitative estimate of drug-likeness (QED) is 0.170. The molecule has 0 aliphatic heterocycles. The van der Waals surface area contributed by atoms with E-state index in [4.69, 9.17) is 14.8 Å². The number of aryl methyl sites for hydroxylation is 2. The van der Waals surface area contributed by atoms with Crippen LogP contribution in [0.15, 0.2) is 121 Å². The van der Waals surface area contributed by atoms with E-state index in [9.17, 15) is 0 Å². The normalized spacial score (nSPS) is 17.8. The van der Waals surface area contributed by atoms with Gasteiger partial charge in [-0.05, 0) is 105 Å². The van der Waals surface area contributed by atoms with E-state index in [2.05, 4.69) is 154 Å². The summed E-state index contributed by atoms with van der Waals surface area (Å²) < 4.78 is 11.0. The summed E-state index contributed by atoms with van der Waals surface area (Å²) in [6, 6.07) is 36.0. The first-order valence-electron chi connectivity index (χ1n) is 17.3. The van der Waals surface area contributed by atoms with Gasteiger partial charge in [-0.2, -0.15) is 5.10 Å². The van der Waals surface area contributed by atoms with Crippen LogP contribution in [-0.4, -0.2) is 19.3 Å². The molecule has 3 heterocycles. The molecule has 0 bridgehead atoms. The monoisotopic (exact) mass is 642 g/mol. The molecular formula is C44H42N4O. The van der Waals surface area contributed by atoms with E-state index >= 15 is 0 Å². The number of hydrogen-bond donors (Lipinski definition) is 0. The summed E-state index contributed by atoms with van der Waals surface area (Å²) in [5.41, 5.74) is 11.7. The maximum absolute atomic E-state index is 6.66. The fourth-order valence-electron chi connectivity index (χ4n) is 8.32. The van der Waals surface area contributed by atoms with Gasteiger partial charge in [-0.15, -0.1) is 0 Å². The van der Waals surface area contributed by atoms with E-state index in [0.717, 1.165) is 61.8 Å². The smallest absolute Gasteiger partial charge is 0.138 e. The van der Waals surface area contributed by atoms with Crippen molar-refractivity contribution in [3.8, 4) is 34.1 Å². The number of benzene rings is 4. The van der Waals surface area contributed by atoms with E-state index in [-0.39, 0.29) is 0 Å². The number of nitrogens with zero attached hydrogens (tertiary/aromatic N) is 4. The number of rotatable bonds is 6.